The number of amides is 1. The van der Waals surface area contributed by atoms with Crippen LogP contribution in [0.15, 0.2) is 24.3 Å². The van der Waals surface area contributed by atoms with Gasteiger partial charge in [0.25, 0.3) is 0 Å². The van der Waals surface area contributed by atoms with Crippen LogP contribution in [0, 0.1) is 5.82 Å². The van der Waals surface area contributed by atoms with Crippen LogP contribution in [0.1, 0.15) is 51.9 Å². The van der Waals surface area contributed by atoms with Crippen LogP contribution in [0.25, 0.3) is 0 Å². The highest BCUT2D eigenvalue weighted by molar-refractivity contribution is 7.92. The molecule has 1 aromatic rings. The highest BCUT2D eigenvalue weighted by Crippen LogP contribution is 2.22. The van der Waals surface area contributed by atoms with Crippen LogP contribution in [-0.4, -0.2) is 32.7 Å². The molecular formula is C18H27FN2O3S. The third-order valence-electron chi connectivity index (χ3n) is 4.62. The summed E-state index contributed by atoms with van der Waals surface area (Å²) in [6.07, 6.45) is 8.64. The number of anilines is 1. The first-order chi connectivity index (χ1) is 11.8. The van der Waals surface area contributed by atoms with Crippen LogP contribution in [0.2, 0.25) is 0 Å². The molecule has 1 atom stereocenters. The number of hydrogen-bond acceptors (Lipinski definition) is 3. The number of carbonyl (C=O) groups is 1. The molecule has 1 aliphatic rings. The number of rotatable bonds is 5. The quantitative estimate of drug-likeness (QED) is 0.865. The molecule has 0 bridgehead atoms. The van der Waals surface area contributed by atoms with E-state index in [2.05, 4.69) is 5.32 Å². The van der Waals surface area contributed by atoms with E-state index in [1.807, 2.05) is 0 Å². The fraction of sp³-hybridized carbons (Fsp3) is 0.611. The predicted octanol–water partition coefficient (Wildman–Crippen LogP) is 3.21. The van der Waals surface area contributed by atoms with Gasteiger partial charge in [0.15, 0.2) is 0 Å². The molecule has 0 radical (unpaired) electrons. The van der Waals surface area contributed by atoms with Crippen molar-refractivity contribution in [2.45, 2.75) is 64.0 Å². The Morgan fingerprint density at radius 3 is 2.16 bits per heavy atom. The molecule has 1 aliphatic carbocycles. The van der Waals surface area contributed by atoms with Crippen molar-refractivity contribution >= 4 is 21.6 Å². The van der Waals surface area contributed by atoms with Crippen molar-refractivity contribution in [1.82, 2.24) is 5.32 Å². The lowest BCUT2D eigenvalue weighted by Gasteiger charge is -2.30. The minimum absolute atomic E-state index is 0.0879. The Morgan fingerprint density at radius 1 is 1.12 bits per heavy atom. The van der Waals surface area contributed by atoms with Gasteiger partial charge in [-0.1, -0.05) is 32.1 Å². The third-order valence-corrected chi connectivity index (χ3v) is 5.86. The molecule has 1 saturated carbocycles. The second kappa shape index (κ2) is 8.65. The first-order valence-electron chi connectivity index (χ1n) is 8.84. The molecule has 1 fully saturated rings. The standard InChI is InChI=1S/C18H27FN2O3S/c1-14(18(22)20-16-8-6-4-3-5-7-9-16)21(25(2,23)24)17-12-10-15(19)11-13-17/h10-14,16H,3-9H2,1-2H3,(H,20,22). The van der Waals surface area contributed by atoms with E-state index in [0.717, 1.165) is 36.2 Å². The normalized spacial score (nSPS) is 18.0. The largest absolute Gasteiger partial charge is 0.352 e. The maximum absolute atomic E-state index is 13.1. The van der Waals surface area contributed by atoms with Crippen LogP contribution in [0.4, 0.5) is 10.1 Å². The molecule has 2 rings (SSSR count). The number of nitrogens with one attached hydrogen (secondary N) is 1. The fourth-order valence-corrected chi connectivity index (χ4v) is 4.49. The van der Waals surface area contributed by atoms with Gasteiger partial charge in [0.1, 0.15) is 11.9 Å². The van der Waals surface area contributed by atoms with E-state index < -0.39 is 21.9 Å². The zero-order valence-electron chi connectivity index (χ0n) is 14.9. The molecule has 1 aromatic carbocycles. The summed E-state index contributed by atoms with van der Waals surface area (Å²) >= 11 is 0. The van der Waals surface area contributed by atoms with Crippen LogP contribution in [0.3, 0.4) is 0 Å². The minimum atomic E-state index is -3.68. The van der Waals surface area contributed by atoms with Crippen LogP contribution >= 0.6 is 0 Å². The maximum atomic E-state index is 13.1. The number of halogens is 1. The molecule has 1 unspecified atom stereocenters. The highest BCUT2D eigenvalue weighted by atomic mass is 32.2. The van der Waals surface area contributed by atoms with Gasteiger partial charge in [-0.25, -0.2) is 12.8 Å². The van der Waals surface area contributed by atoms with Gasteiger partial charge in [0, 0.05) is 6.04 Å². The Bertz CT molecular complexity index is 668. The molecule has 0 heterocycles. The lowest BCUT2D eigenvalue weighted by molar-refractivity contribution is -0.122. The number of carbonyl (C=O) groups excluding carboxylic acids is 1. The molecule has 140 valence electrons. The summed E-state index contributed by atoms with van der Waals surface area (Å²) in [6, 6.07) is 4.31. The molecule has 0 aromatic heterocycles. The summed E-state index contributed by atoms with van der Waals surface area (Å²) in [5, 5.41) is 3.00. The molecular weight excluding hydrogens is 343 g/mol. The third kappa shape index (κ3) is 5.70. The Labute approximate surface area is 149 Å². The molecule has 0 spiro atoms. The molecule has 1 N–H and O–H groups in total. The van der Waals surface area contributed by atoms with Gasteiger partial charge in [-0.15, -0.1) is 0 Å². The molecule has 5 nitrogen and oxygen atoms in total. The van der Waals surface area contributed by atoms with E-state index in [1.54, 1.807) is 6.92 Å². The summed E-state index contributed by atoms with van der Waals surface area (Å²) in [4.78, 5) is 12.6. The summed E-state index contributed by atoms with van der Waals surface area (Å²) in [5.74, 6) is -0.774. The minimum Gasteiger partial charge on any atom is -0.352 e. The van der Waals surface area contributed by atoms with Crippen molar-refractivity contribution < 1.29 is 17.6 Å². The SMILES string of the molecule is CC(C(=O)NC1CCCCCCC1)N(c1ccc(F)cc1)S(C)(=O)=O. The van der Waals surface area contributed by atoms with Gasteiger partial charge in [-0.05, 0) is 44.0 Å². The molecule has 0 saturated heterocycles. The van der Waals surface area contributed by atoms with Crippen molar-refractivity contribution in [3.63, 3.8) is 0 Å². The first-order valence-corrected chi connectivity index (χ1v) is 10.7. The number of benzene rings is 1. The smallest absolute Gasteiger partial charge is 0.243 e. The topological polar surface area (TPSA) is 66.5 Å². The van der Waals surface area contributed by atoms with Crippen molar-refractivity contribution in [1.29, 1.82) is 0 Å². The second-order valence-corrected chi connectivity index (χ2v) is 8.62. The predicted molar refractivity (Wildman–Crippen MR) is 97.4 cm³/mol. The average Bonchev–Trinajstić information content (AvgIpc) is 2.50. The van der Waals surface area contributed by atoms with E-state index in [9.17, 15) is 17.6 Å². The van der Waals surface area contributed by atoms with Crippen LogP contribution in [0.5, 0.6) is 0 Å². The monoisotopic (exact) mass is 370 g/mol. The first kappa shape index (κ1) is 19.7. The lowest BCUT2D eigenvalue weighted by Crippen LogP contribution is -2.50. The average molecular weight is 370 g/mol. The van der Waals surface area contributed by atoms with E-state index in [1.165, 1.54) is 43.5 Å². The number of nitrogens with zero attached hydrogens (tertiary/aromatic N) is 1. The Kier molecular flexibility index (Phi) is 6.81. The van der Waals surface area contributed by atoms with Crippen molar-refractivity contribution in [2.24, 2.45) is 0 Å². The highest BCUT2D eigenvalue weighted by Gasteiger charge is 2.30. The van der Waals surface area contributed by atoms with Gasteiger partial charge in [-0.2, -0.15) is 0 Å². The van der Waals surface area contributed by atoms with Gasteiger partial charge in [0.05, 0.1) is 11.9 Å². The summed E-state index contributed by atoms with van der Waals surface area (Å²) in [7, 11) is -3.68. The Hall–Kier alpha value is -1.63. The zero-order chi connectivity index (χ0) is 18.4. The van der Waals surface area contributed by atoms with E-state index in [0.29, 0.717) is 0 Å². The summed E-state index contributed by atoms with van der Waals surface area (Å²) in [6.45, 7) is 1.56. The van der Waals surface area contributed by atoms with E-state index >= 15 is 0 Å². The maximum Gasteiger partial charge on any atom is 0.243 e. The summed E-state index contributed by atoms with van der Waals surface area (Å²) < 4.78 is 38.6. The number of hydrogen-bond donors (Lipinski definition) is 1. The molecule has 25 heavy (non-hydrogen) atoms. The van der Waals surface area contributed by atoms with Crippen LogP contribution in [-0.2, 0) is 14.8 Å². The van der Waals surface area contributed by atoms with Gasteiger partial charge >= 0.3 is 0 Å². The van der Waals surface area contributed by atoms with Gasteiger partial charge < -0.3 is 5.32 Å². The molecule has 1 amide bonds. The molecule has 0 aliphatic heterocycles. The van der Waals surface area contributed by atoms with Gasteiger partial charge in [-0.3, -0.25) is 9.10 Å². The second-order valence-electron chi connectivity index (χ2n) is 6.76. The van der Waals surface area contributed by atoms with Gasteiger partial charge in [0.2, 0.25) is 15.9 Å². The fourth-order valence-electron chi connectivity index (χ4n) is 3.32. The lowest BCUT2D eigenvalue weighted by atomic mass is 9.96. The van der Waals surface area contributed by atoms with Crippen LogP contribution < -0.4 is 9.62 Å². The Morgan fingerprint density at radius 2 is 1.64 bits per heavy atom. The molecule has 7 heteroatoms. The van der Waals surface area contributed by atoms with Crippen molar-refractivity contribution in [3.8, 4) is 0 Å². The van der Waals surface area contributed by atoms with Crippen molar-refractivity contribution in [2.75, 3.05) is 10.6 Å². The zero-order valence-corrected chi connectivity index (χ0v) is 15.7. The van der Waals surface area contributed by atoms with E-state index in [4.69, 9.17) is 0 Å². The van der Waals surface area contributed by atoms with E-state index in [-0.39, 0.29) is 17.6 Å². The Balaban J connectivity index is 2.13. The number of sulfonamides is 1. The van der Waals surface area contributed by atoms with Crippen molar-refractivity contribution in [3.05, 3.63) is 30.1 Å². The summed E-state index contributed by atoms with van der Waals surface area (Å²) in [5.41, 5.74) is 0.282.